The predicted molar refractivity (Wildman–Crippen MR) is 112 cm³/mol. The highest BCUT2D eigenvalue weighted by molar-refractivity contribution is 6.30. The van der Waals surface area contributed by atoms with Crippen molar-refractivity contribution in [3.8, 4) is 0 Å². The van der Waals surface area contributed by atoms with Gasteiger partial charge in [0.25, 0.3) is 5.78 Å². The molecule has 0 aliphatic heterocycles. The number of aryl methyl sites for hydroxylation is 2. The van der Waals surface area contributed by atoms with E-state index in [4.69, 9.17) is 26.7 Å². The van der Waals surface area contributed by atoms with Gasteiger partial charge in [-0.3, -0.25) is 0 Å². The van der Waals surface area contributed by atoms with E-state index in [0.29, 0.717) is 17.2 Å². The Morgan fingerprint density at radius 2 is 1.93 bits per heavy atom. The Kier molecular flexibility index (Phi) is 4.24. The second-order valence-corrected chi connectivity index (χ2v) is 7.71. The third-order valence-corrected chi connectivity index (χ3v) is 5.36. The summed E-state index contributed by atoms with van der Waals surface area (Å²) < 4.78 is 1.84. The van der Waals surface area contributed by atoms with Crippen molar-refractivity contribution in [3.63, 3.8) is 0 Å². The maximum atomic E-state index is 6.16. The number of halogens is 1. The van der Waals surface area contributed by atoms with Gasteiger partial charge in [0.15, 0.2) is 5.82 Å². The summed E-state index contributed by atoms with van der Waals surface area (Å²) in [4.78, 5) is 9.48. The molecule has 28 heavy (non-hydrogen) atoms. The summed E-state index contributed by atoms with van der Waals surface area (Å²) in [5, 5.41) is 8.98. The highest BCUT2D eigenvalue weighted by atomic mass is 35.5. The third kappa shape index (κ3) is 3.22. The Labute approximate surface area is 168 Å². The van der Waals surface area contributed by atoms with Gasteiger partial charge < -0.3 is 5.32 Å². The minimum absolute atomic E-state index is 0.646. The molecule has 5 nitrogen and oxygen atoms in total. The lowest BCUT2D eigenvalue weighted by molar-refractivity contribution is 0.885. The van der Waals surface area contributed by atoms with Crippen LogP contribution in [0.25, 0.3) is 5.78 Å². The average molecular weight is 390 g/mol. The molecule has 6 heteroatoms. The summed E-state index contributed by atoms with van der Waals surface area (Å²) in [7, 11) is 0. The summed E-state index contributed by atoms with van der Waals surface area (Å²) >= 11 is 6.16. The smallest absolute Gasteiger partial charge is 0.254 e. The van der Waals surface area contributed by atoms with E-state index in [0.717, 1.165) is 42.3 Å². The molecule has 140 valence electrons. The van der Waals surface area contributed by atoms with Crippen LogP contribution in [0.1, 0.15) is 34.6 Å². The third-order valence-electron chi connectivity index (χ3n) is 5.13. The number of hydrogen-bond acceptors (Lipinski definition) is 4. The molecule has 1 N–H and O–H groups in total. The van der Waals surface area contributed by atoms with E-state index >= 15 is 0 Å². The van der Waals surface area contributed by atoms with Crippen LogP contribution in [0.3, 0.4) is 0 Å². The average Bonchev–Trinajstić information content (AvgIpc) is 3.30. The van der Waals surface area contributed by atoms with Gasteiger partial charge in [-0.15, -0.1) is 5.10 Å². The van der Waals surface area contributed by atoms with E-state index in [1.54, 1.807) is 0 Å². The highest BCUT2D eigenvalue weighted by Gasteiger charge is 2.22. The molecule has 2 aromatic heterocycles. The first-order chi connectivity index (χ1) is 13.7. The Balaban J connectivity index is 1.57. The minimum atomic E-state index is 0.646. The quantitative estimate of drug-likeness (QED) is 0.538. The number of benzene rings is 2. The summed E-state index contributed by atoms with van der Waals surface area (Å²) in [5.41, 5.74) is 5.71. The van der Waals surface area contributed by atoms with E-state index in [1.807, 2.05) is 28.8 Å². The number of nitrogens with zero attached hydrogens (tertiary/aromatic N) is 4. The lowest BCUT2D eigenvalue weighted by Gasteiger charge is -2.12. The Morgan fingerprint density at radius 1 is 1.07 bits per heavy atom. The van der Waals surface area contributed by atoms with E-state index in [2.05, 4.69) is 36.5 Å². The van der Waals surface area contributed by atoms with Gasteiger partial charge in [0.05, 0.1) is 5.69 Å². The van der Waals surface area contributed by atoms with Crippen molar-refractivity contribution in [1.82, 2.24) is 19.6 Å². The molecule has 0 saturated heterocycles. The first-order valence-corrected chi connectivity index (χ1v) is 9.89. The highest BCUT2D eigenvalue weighted by Crippen LogP contribution is 2.31. The van der Waals surface area contributed by atoms with Crippen LogP contribution in [-0.4, -0.2) is 19.6 Å². The molecule has 2 heterocycles. The molecule has 0 fully saturated rings. The molecule has 0 bridgehead atoms. The van der Waals surface area contributed by atoms with Crippen LogP contribution < -0.4 is 5.32 Å². The summed E-state index contributed by atoms with van der Waals surface area (Å²) in [6.07, 6.45) is 3.77. The number of nitrogens with one attached hydrogen (secondary N) is 1. The Bertz CT molecular complexity index is 1160. The van der Waals surface area contributed by atoms with Gasteiger partial charge in [-0.1, -0.05) is 47.5 Å². The van der Waals surface area contributed by atoms with Crippen LogP contribution >= 0.6 is 11.6 Å². The monoisotopic (exact) mass is 389 g/mol. The van der Waals surface area contributed by atoms with Crippen LogP contribution in [0.5, 0.6) is 0 Å². The normalized spacial score (nSPS) is 13.1. The van der Waals surface area contributed by atoms with E-state index < -0.39 is 0 Å². The SMILES string of the molecule is Cc1ccc(Cc2nc3nc4c(c(Nc5cccc(Cl)c5)n3n2)CCC4)cc1. The molecular formula is C22H20ClN5. The van der Waals surface area contributed by atoms with Crippen molar-refractivity contribution in [3.05, 3.63) is 81.8 Å². The van der Waals surface area contributed by atoms with Crippen molar-refractivity contribution in [1.29, 1.82) is 0 Å². The van der Waals surface area contributed by atoms with Crippen molar-refractivity contribution in [2.45, 2.75) is 32.6 Å². The van der Waals surface area contributed by atoms with Gasteiger partial charge in [0.2, 0.25) is 0 Å². The predicted octanol–water partition coefficient (Wildman–Crippen LogP) is 4.91. The van der Waals surface area contributed by atoms with Gasteiger partial charge in [-0.2, -0.15) is 9.50 Å². The lowest BCUT2D eigenvalue weighted by Crippen LogP contribution is -2.07. The molecule has 0 spiro atoms. The number of hydrogen-bond donors (Lipinski definition) is 1. The molecule has 0 unspecified atom stereocenters. The van der Waals surface area contributed by atoms with Gasteiger partial charge in [0.1, 0.15) is 5.82 Å². The first-order valence-electron chi connectivity index (χ1n) is 9.51. The molecular weight excluding hydrogens is 370 g/mol. The number of rotatable bonds is 4. The first kappa shape index (κ1) is 17.2. The number of aromatic nitrogens is 4. The van der Waals surface area contributed by atoms with E-state index in [-0.39, 0.29) is 0 Å². The van der Waals surface area contributed by atoms with Gasteiger partial charge in [-0.05, 0) is 49.9 Å². The fraction of sp³-hybridized carbons (Fsp3) is 0.227. The standard InChI is InChI=1S/C22H20ClN5/c1-14-8-10-15(11-9-14)12-20-26-22-25-19-7-3-6-18(19)21(28(22)27-20)24-17-5-2-4-16(23)13-17/h2,4-5,8-11,13,24H,3,6-7,12H2,1H3. The molecule has 0 saturated carbocycles. The number of anilines is 2. The van der Waals surface area contributed by atoms with Crippen LogP contribution in [-0.2, 0) is 19.3 Å². The van der Waals surface area contributed by atoms with Gasteiger partial charge >= 0.3 is 0 Å². The minimum Gasteiger partial charge on any atom is -0.340 e. The van der Waals surface area contributed by atoms with Crippen molar-refractivity contribution in [2.24, 2.45) is 0 Å². The zero-order valence-corrected chi connectivity index (χ0v) is 16.4. The molecule has 5 rings (SSSR count). The van der Waals surface area contributed by atoms with Gasteiger partial charge in [-0.25, -0.2) is 4.98 Å². The largest absolute Gasteiger partial charge is 0.340 e. The Hall–Kier alpha value is -2.92. The van der Waals surface area contributed by atoms with Crippen molar-refractivity contribution < 1.29 is 0 Å². The van der Waals surface area contributed by atoms with Crippen molar-refractivity contribution >= 4 is 28.9 Å². The molecule has 0 amide bonds. The Morgan fingerprint density at radius 3 is 2.75 bits per heavy atom. The fourth-order valence-corrected chi connectivity index (χ4v) is 3.91. The summed E-state index contributed by atoms with van der Waals surface area (Å²) in [6.45, 7) is 2.09. The van der Waals surface area contributed by atoms with Crippen LogP contribution in [0.15, 0.2) is 48.5 Å². The molecule has 1 aliphatic rings. The lowest BCUT2D eigenvalue weighted by atomic mass is 10.1. The maximum Gasteiger partial charge on any atom is 0.254 e. The van der Waals surface area contributed by atoms with Crippen LogP contribution in [0, 0.1) is 6.92 Å². The number of fused-ring (bicyclic) bond motifs is 2. The topological polar surface area (TPSA) is 55.1 Å². The molecule has 2 aromatic carbocycles. The van der Waals surface area contributed by atoms with E-state index in [1.165, 1.54) is 16.7 Å². The van der Waals surface area contributed by atoms with Crippen molar-refractivity contribution in [2.75, 3.05) is 5.32 Å². The van der Waals surface area contributed by atoms with E-state index in [9.17, 15) is 0 Å². The second-order valence-electron chi connectivity index (χ2n) is 7.28. The van der Waals surface area contributed by atoms with Gasteiger partial charge in [0, 0.05) is 22.7 Å². The van der Waals surface area contributed by atoms with Crippen LogP contribution in [0.4, 0.5) is 11.5 Å². The zero-order valence-electron chi connectivity index (χ0n) is 15.6. The zero-order chi connectivity index (χ0) is 19.1. The summed E-state index contributed by atoms with van der Waals surface area (Å²) in [6, 6.07) is 16.2. The van der Waals surface area contributed by atoms with Crippen LogP contribution in [0.2, 0.25) is 5.02 Å². The molecule has 0 radical (unpaired) electrons. The summed E-state index contributed by atoms with van der Waals surface area (Å²) in [5.74, 6) is 2.36. The second kappa shape index (κ2) is 6.91. The molecule has 4 aromatic rings. The molecule has 0 atom stereocenters. The maximum absolute atomic E-state index is 6.16. The fourth-order valence-electron chi connectivity index (χ4n) is 3.72. The molecule has 1 aliphatic carbocycles.